The monoisotopic (exact) mass is 446 g/mol. The summed E-state index contributed by atoms with van der Waals surface area (Å²) >= 11 is 6.36. The molecule has 0 saturated heterocycles. The molecule has 6 heteroatoms. The van der Waals surface area contributed by atoms with Crippen LogP contribution in [0.15, 0.2) is 36.4 Å². The van der Waals surface area contributed by atoms with Crippen molar-refractivity contribution >= 4 is 17.6 Å². The Morgan fingerprint density at radius 2 is 1.90 bits per heavy atom. The second-order valence-electron chi connectivity index (χ2n) is 8.97. The summed E-state index contributed by atoms with van der Waals surface area (Å²) in [6.07, 6.45) is 2.26. The molecule has 0 bridgehead atoms. The minimum atomic E-state index is -1.15. The quantitative estimate of drug-likeness (QED) is 0.500. The minimum absolute atomic E-state index is 0.0376. The van der Waals surface area contributed by atoms with E-state index in [9.17, 15) is 9.90 Å². The van der Waals surface area contributed by atoms with Crippen molar-refractivity contribution in [2.24, 2.45) is 0 Å². The summed E-state index contributed by atoms with van der Waals surface area (Å²) in [5.41, 5.74) is 1.06. The van der Waals surface area contributed by atoms with Gasteiger partial charge in [0.05, 0.1) is 18.2 Å². The first kappa shape index (κ1) is 23.3. The van der Waals surface area contributed by atoms with Gasteiger partial charge in [0.2, 0.25) is 5.60 Å². The largest absolute Gasteiger partial charge is 0.493 e. The van der Waals surface area contributed by atoms with Crippen molar-refractivity contribution in [3.8, 4) is 17.2 Å². The van der Waals surface area contributed by atoms with E-state index in [1.807, 2.05) is 37.3 Å². The van der Waals surface area contributed by atoms with Crippen LogP contribution in [0.5, 0.6) is 17.2 Å². The molecule has 0 aliphatic carbocycles. The Labute approximate surface area is 189 Å². The zero-order valence-electron chi connectivity index (χ0n) is 18.7. The second-order valence-corrected chi connectivity index (χ2v) is 9.38. The van der Waals surface area contributed by atoms with E-state index in [2.05, 4.69) is 20.8 Å². The van der Waals surface area contributed by atoms with Crippen molar-refractivity contribution in [3.63, 3.8) is 0 Å². The summed E-state index contributed by atoms with van der Waals surface area (Å²) in [5, 5.41) is 10.2. The first-order valence-electron chi connectivity index (χ1n) is 10.8. The van der Waals surface area contributed by atoms with Crippen LogP contribution in [0.3, 0.4) is 0 Å². The first-order chi connectivity index (χ1) is 14.6. The lowest BCUT2D eigenvalue weighted by Gasteiger charge is -2.34. The number of benzene rings is 2. The predicted molar refractivity (Wildman–Crippen MR) is 122 cm³/mol. The van der Waals surface area contributed by atoms with E-state index >= 15 is 0 Å². The van der Waals surface area contributed by atoms with E-state index in [1.54, 1.807) is 6.07 Å². The molecule has 0 amide bonds. The van der Waals surface area contributed by atoms with Crippen molar-refractivity contribution in [3.05, 3.63) is 52.5 Å². The summed E-state index contributed by atoms with van der Waals surface area (Å²) in [6, 6.07) is 11.5. The van der Waals surface area contributed by atoms with Gasteiger partial charge in [-0.25, -0.2) is 4.79 Å². The molecule has 5 nitrogen and oxygen atoms in total. The highest BCUT2D eigenvalue weighted by molar-refractivity contribution is 6.32. The fourth-order valence-electron chi connectivity index (χ4n) is 3.59. The second kappa shape index (κ2) is 9.39. The van der Waals surface area contributed by atoms with Gasteiger partial charge in [-0.15, -0.1) is 0 Å². The summed E-state index contributed by atoms with van der Waals surface area (Å²) in [7, 11) is 0. The lowest BCUT2D eigenvalue weighted by molar-refractivity contribution is -0.157. The SMILES string of the molecule is CCC1(C(=O)O)CCc2ccc(OCCCOc3ccc(C(C)(C)C)cc3Cl)cc2O1. The summed E-state index contributed by atoms with van der Waals surface area (Å²) < 4.78 is 17.5. The number of halogens is 1. The zero-order chi connectivity index (χ0) is 22.6. The molecule has 0 radical (unpaired) electrons. The third-order valence-corrected chi connectivity index (χ3v) is 6.01. The number of aryl methyl sites for hydroxylation is 1. The third-order valence-electron chi connectivity index (χ3n) is 5.72. The molecule has 31 heavy (non-hydrogen) atoms. The number of hydrogen-bond donors (Lipinski definition) is 1. The maximum atomic E-state index is 11.7. The Morgan fingerprint density at radius 3 is 2.55 bits per heavy atom. The molecule has 1 heterocycles. The van der Waals surface area contributed by atoms with Gasteiger partial charge < -0.3 is 19.3 Å². The number of rotatable bonds is 8. The highest BCUT2D eigenvalue weighted by atomic mass is 35.5. The average Bonchev–Trinajstić information content (AvgIpc) is 2.73. The molecule has 1 unspecified atom stereocenters. The Balaban J connectivity index is 1.51. The van der Waals surface area contributed by atoms with Crippen LogP contribution in [-0.4, -0.2) is 29.9 Å². The van der Waals surface area contributed by atoms with E-state index in [-0.39, 0.29) is 5.41 Å². The predicted octanol–water partition coefficient (Wildman–Crippen LogP) is 6.04. The van der Waals surface area contributed by atoms with Crippen molar-refractivity contribution < 1.29 is 24.1 Å². The molecule has 1 aliphatic heterocycles. The Hall–Kier alpha value is -2.40. The molecular weight excluding hydrogens is 416 g/mol. The van der Waals surface area contributed by atoms with E-state index in [4.69, 9.17) is 25.8 Å². The molecule has 168 valence electrons. The summed E-state index contributed by atoms with van der Waals surface area (Å²) in [5.74, 6) is 0.998. The van der Waals surface area contributed by atoms with Crippen LogP contribution >= 0.6 is 11.6 Å². The van der Waals surface area contributed by atoms with Crippen LogP contribution < -0.4 is 14.2 Å². The summed E-state index contributed by atoms with van der Waals surface area (Å²) in [4.78, 5) is 11.7. The van der Waals surface area contributed by atoms with Crippen LogP contribution in [0.25, 0.3) is 0 Å². The van der Waals surface area contributed by atoms with Crippen molar-refractivity contribution in [2.45, 2.75) is 64.4 Å². The number of carboxylic acids is 1. The third kappa shape index (κ3) is 5.45. The Bertz CT molecular complexity index is 934. The smallest absolute Gasteiger partial charge is 0.348 e. The van der Waals surface area contributed by atoms with Crippen LogP contribution in [0.4, 0.5) is 0 Å². The molecule has 1 aliphatic rings. The Kier molecular flexibility index (Phi) is 7.05. The van der Waals surface area contributed by atoms with Gasteiger partial charge in [-0.3, -0.25) is 0 Å². The number of ether oxygens (including phenoxy) is 3. The average molecular weight is 447 g/mol. The van der Waals surface area contributed by atoms with Gasteiger partial charge in [0.25, 0.3) is 0 Å². The number of carbonyl (C=O) groups is 1. The zero-order valence-corrected chi connectivity index (χ0v) is 19.4. The Morgan fingerprint density at radius 1 is 1.16 bits per heavy atom. The van der Waals surface area contributed by atoms with Gasteiger partial charge in [-0.2, -0.15) is 0 Å². The van der Waals surface area contributed by atoms with Gasteiger partial charge >= 0.3 is 5.97 Å². The van der Waals surface area contributed by atoms with E-state index < -0.39 is 11.6 Å². The fourth-order valence-corrected chi connectivity index (χ4v) is 3.83. The van der Waals surface area contributed by atoms with Crippen LogP contribution in [0.1, 0.15) is 58.1 Å². The van der Waals surface area contributed by atoms with Crippen molar-refractivity contribution in [1.82, 2.24) is 0 Å². The maximum absolute atomic E-state index is 11.7. The lowest BCUT2D eigenvalue weighted by atomic mass is 9.87. The number of carboxylic acid groups (broad SMARTS) is 1. The number of aliphatic carboxylic acids is 1. The fraction of sp³-hybridized carbons (Fsp3) is 0.480. The van der Waals surface area contributed by atoms with E-state index in [0.717, 1.165) is 11.1 Å². The maximum Gasteiger partial charge on any atom is 0.348 e. The van der Waals surface area contributed by atoms with Gasteiger partial charge in [-0.1, -0.05) is 51.4 Å². The summed E-state index contributed by atoms with van der Waals surface area (Å²) in [6.45, 7) is 9.22. The highest BCUT2D eigenvalue weighted by Crippen LogP contribution is 2.37. The van der Waals surface area contributed by atoms with Crippen LogP contribution in [0, 0.1) is 0 Å². The first-order valence-corrected chi connectivity index (χ1v) is 11.1. The minimum Gasteiger partial charge on any atom is -0.493 e. The molecule has 0 spiro atoms. The molecule has 3 rings (SSSR count). The van der Waals surface area contributed by atoms with Gasteiger partial charge in [0, 0.05) is 18.9 Å². The van der Waals surface area contributed by atoms with Crippen LogP contribution in [0.2, 0.25) is 5.02 Å². The standard InChI is InChI=1S/C25H31ClO5/c1-5-25(23(27)28)12-11-17-7-9-19(16-22(17)31-25)29-13-6-14-30-21-10-8-18(15-20(21)26)24(2,3)4/h7-10,15-16H,5-6,11-14H2,1-4H3,(H,27,28). The number of fused-ring (bicyclic) bond motifs is 1. The molecular formula is C25H31ClO5. The molecule has 1 atom stereocenters. The normalized spacial score (nSPS) is 18.1. The van der Waals surface area contributed by atoms with E-state index in [1.165, 1.54) is 0 Å². The van der Waals surface area contributed by atoms with Gasteiger partial charge in [0.15, 0.2) is 0 Å². The molecule has 0 aromatic heterocycles. The molecule has 1 N–H and O–H groups in total. The van der Waals surface area contributed by atoms with Gasteiger partial charge in [0.1, 0.15) is 17.2 Å². The van der Waals surface area contributed by atoms with Crippen molar-refractivity contribution in [2.75, 3.05) is 13.2 Å². The van der Waals surface area contributed by atoms with Crippen molar-refractivity contribution in [1.29, 1.82) is 0 Å². The van der Waals surface area contributed by atoms with Crippen LogP contribution in [-0.2, 0) is 16.6 Å². The highest BCUT2D eigenvalue weighted by Gasteiger charge is 2.42. The molecule has 2 aromatic rings. The molecule has 2 aromatic carbocycles. The lowest BCUT2D eigenvalue weighted by Crippen LogP contribution is -2.46. The molecule has 0 fully saturated rings. The molecule has 0 saturated carbocycles. The van der Waals surface area contributed by atoms with Gasteiger partial charge in [-0.05, 0) is 47.6 Å². The topological polar surface area (TPSA) is 65.0 Å². The number of hydrogen-bond acceptors (Lipinski definition) is 4. The van der Waals surface area contributed by atoms with E-state index in [0.29, 0.717) is 61.2 Å².